The van der Waals surface area contributed by atoms with Gasteiger partial charge >= 0.3 is 0 Å². The van der Waals surface area contributed by atoms with Crippen molar-refractivity contribution in [3.05, 3.63) is 30.1 Å². The largest absolute Gasteiger partial charge is 0.394 e. The third kappa shape index (κ3) is 3.58. The van der Waals surface area contributed by atoms with E-state index in [-0.39, 0.29) is 24.0 Å². The fraction of sp³-hybridized carbons (Fsp3) is 0.467. The van der Waals surface area contributed by atoms with Gasteiger partial charge in [-0.2, -0.15) is 0 Å². The molecule has 0 radical (unpaired) electrons. The maximum Gasteiger partial charge on any atom is 0.275 e. The molecule has 24 heavy (non-hydrogen) atoms. The molecule has 0 fully saturated rings. The second-order valence-corrected chi connectivity index (χ2v) is 7.72. The Bertz CT molecular complexity index is 844. The predicted molar refractivity (Wildman–Crippen MR) is 87.6 cm³/mol. The molecule has 0 spiro atoms. The van der Waals surface area contributed by atoms with Crippen molar-refractivity contribution in [2.24, 2.45) is 0 Å². The number of fused-ring (bicyclic) bond motifs is 1. The molecule has 1 amide bonds. The number of pyridine rings is 1. The van der Waals surface area contributed by atoms with Crippen LogP contribution in [0.4, 0.5) is 0 Å². The van der Waals surface area contributed by atoms with Gasteiger partial charge in [0.2, 0.25) is 15.0 Å². The first kappa shape index (κ1) is 18.4. The first-order valence-corrected chi connectivity index (χ1v) is 9.33. The number of carbonyl (C=O) groups excluding carboxylic acids is 1. The van der Waals surface area contributed by atoms with Gasteiger partial charge in [0, 0.05) is 19.0 Å². The van der Waals surface area contributed by atoms with Gasteiger partial charge in [0.15, 0.2) is 5.69 Å². The summed E-state index contributed by atoms with van der Waals surface area (Å²) in [6.07, 6.45) is 1.74. The van der Waals surface area contributed by atoms with E-state index in [1.54, 1.807) is 25.1 Å². The predicted octanol–water partition coefficient (Wildman–Crippen LogP) is -0.0584. The van der Waals surface area contributed by atoms with Gasteiger partial charge in [0.1, 0.15) is 0 Å². The number of rotatable bonds is 6. The smallest absolute Gasteiger partial charge is 0.275 e. The van der Waals surface area contributed by atoms with Crippen LogP contribution >= 0.6 is 0 Å². The maximum atomic E-state index is 12.9. The molecular formula is C15H21N3O5S. The molecule has 2 rings (SSSR count). The van der Waals surface area contributed by atoms with Crippen molar-refractivity contribution < 1.29 is 23.4 Å². The van der Waals surface area contributed by atoms with E-state index in [0.29, 0.717) is 5.52 Å². The van der Waals surface area contributed by atoms with Crippen molar-refractivity contribution in [3.63, 3.8) is 0 Å². The highest BCUT2D eigenvalue weighted by atomic mass is 32.2. The van der Waals surface area contributed by atoms with Crippen LogP contribution in [0, 0.1) is 0 Å². The molecule has 2 N–H and O–H groups in total. The maximum absolute atomic E-state index is 12.9. The molecule has 0 unspecified atom stereocenters. The average Bonchev–Trinajstić information content (AvgIpc) is 2.91. The van der Waals surface area contributed by atoms with Gasteiger partial charge in [0.25, 0.3) is 5.91 Å². The Labute approximate surface area is 140 Å². The topological polar surface area (TPSA) is 112 Å². The van der Waals surface area contributed by atoms with E-state index in [2.05, 4.69) is 4.98 Å². The number of nitrogens with zero attached hydrogens (tertiary/aromatic N) is 3. The lowest BCUT2D eigenvalue weighted by atomic mass is 10.2. The van der Waals surface area contributed by atoms with Crippen LogP contribution < -0.4 is 0 Å². The molecule has 0 aliphatic rings. The number of carbonyl (C=O) groups is 1. The van der Waals surface area contributed by atoms with Crippen molar-refractivity contribution >= 4 is 21.3 Å². The molecule has 2 aromatic rings. The zero-order chi connectivity index (χ0) is 18.1. The van der Waals surface area contributed by atoms with Crippen molar-refractivity contribution in [1.29, 1.82) is 0 Å². The minimum atomic E-state index is -3.63. The molecule has 9 heteroatoms. The second-order valence-electron chi connectivity index (χ2n) is 5.81. The summed E-state index contributed by atoms with van der Waals surface area (Å²) < 4.78 is 25.2. The molecule has 8 nitrogen and oxygen atoms in total. The molecule has 0 bridgehead atoms. The van der Waals surface area contributed by atoms with Crippen LogP contribution in [0.25, 0.3) is 5.52 Å². The van der Waals surface area contributed by atoms with Crippen molar-refractivity contribution in [2.45, 2.75) is 31.1 Å². The number of imidazole rings is 1. The highest BCUT2D eigenvalue weighted by molar-refractivity contribution is 7.90. The number of hydrogen-bond donors (Lipinski definition) is 2. The van der Waals surface area contributed by atoms with Crippen molar-refractivity contribution in [3.8, 4) is 0 Å². The van der Waals surface area contributed by atoms with Gasteiger partial charge in [-0.15, -0.1) is 0 Å². The van der Waals surface area contributed by atoms with E-state index in [4.69, 9.17) is 0 Å². The van der Waals surface area contributed by atoms with Crippen LogP contribution in [-0.2, 0) is 9.84 Å². The minimum Gasteiger partial charge on any atom is -0.394 e. The third-order valence-electron chi connectivity index (χ3n) is 3.57. The lowest BCUT2D eigenvalue weighted by Gasteiger charge is -2.28. The molecule has 132 valence electrons. The van der Waals surface area contributed by atoms with Gasteiger partial charge in [-0.05, 0) is 26.0 Å². The SMILES string of the molecule is C[C@H](O)CN(C(=O)c1nc(S(C)(=O)=O)n2ccccc12)[C@@H](C)CO. The van der Waals surface area contributed by atoms with Crippen LogP contribution in [0.1, 0.15) is 24.3 Å². The molecule has 2 heterocycles. The first-order valence-electron chi connectivity index (χ1n) is 7.43. The van der Waals surface area contributed by atoms with Crippen LogP contribution in [0.5, 0.6) is 0 Å². The second kappa shape index (κ2) is 6.88. The number of amides is 1. The monoisotopic (exact) mass is 355 g/mol. The fourth-order valence-electron chi connectivity index (χ4n) is 2.41. The van der Waals surface area contributed by atoms with E-state index in [1.807, 2.05) is 0 Å². The molecule has 2 aromatic heterocycles. The number of sulfone groups is 1. The Balaban J connectivity index is 2.60. The molecular weight excluding hydrogens is 334 g/mol. The lowest BCUT2D eigenvalue weighted by molar-refractivity contribution is 0.0469. The van der Waals surface area contributed by atoms with E-state index in [9.17, 15) is 23.4 Å². The molecule has 0 saturated carbocycles. The van der Waals surface area contributed by atoms with Gasteiger partial charge in [-0.1, -0.05) is 6.07 Å². The van der Waals surface area contributed by atoms with Crippen LogP contribution in [0.3, 0.4) is 0 Å². The van der Waals surface area contributed by atoms with Gasteiger partial charge in [-0.3, -0.25) is 9.20 Å². The van der Waals surface area contributed by atoms with E-state index in [0.717, 1.165) is 6.26 Å². The van der Waals surface area contributed by atoms with E-state index >= 15 is 0 Å². The highest BCUT2D eigenvalue weighted by Crippen LogP contribution is 2.19. The Hall–Kier alpha value is -1.97. The van der Waals surface area contributed by atoms with Crippen LogP contribution in [0.2, 0.25) is 0 Å². The zero-order valence-electron chi connectivity index (χ0n) is 13.7. The quantitative estimate of drug-likeness (QED) is 0.751. The highest BCUT2D eigenvalue weighted by Gasteiger charge is 2.29. The summed E-state index contributed by atoms with van der Waals surface area (Å²) in [5, 5.41) is 18.8. The molecule has 2 atom stereocenters. The zero-order valence-corrected chi connectivity index (χ0v) is 14.6. The van der Waals surface area contributed by atoms with E-state index in [1.165, 1.54) is 22.4 Å². The van der Waals surface area contributed by atoms with Crippen molar-refractivity contribution in [2.75, 3.05) is 19.4 Å². The summed E-state index contributed by atoms with van der Waals surface area (Å²) in [6.45, 7) is 2.87. The summed E-state index contributed by atoms with van der Waals surface area (Å²) in [5.74, 6) is -0.545. The number of hydrogen-bond acceptors (Lipinski definition) is 6. The summed E-state index contributed by atoms with van der Waals surface area (Å²) in [4.78, 5) is 18.2. The average molecular weight is 355 g/mol. The van der Waals surface area contributed by atoms with Gasteiger partial charge < -0.3 is 15.1 Å². The fourth-order valence-corrected chi connectivity index (χ4v) is 3.18. The first-order chi connectivity index (χ1) is 11.2. The Kier molecular flexibility index (Phi) is 5.26. The number of aromatic nitrogens is 2. The Morgan fingerprint density at radius 3 is 2.58 bits per heavy atom. The summed E-state index contributed by atoms with van der Waals surface area (Å²) in [6, 6.07) is 4.36. The minimum absolute atomic E-state index is 0.000617. The summed E-state index contributed by atoms with van der Waals surface area (Å²) in [7, 11) is -3.63. The molecule has 0 saturated heterocycles. The van der Waals surface area contributed by atoms with Crippen LogP contribution in [-0.4, -0.2) is 70.4 Å². The Morgan fingerprint density at radius 2 is 2.04 bits per heavy atom. The normalized spacial score (nSPS) is 14.5. The van der Waals surface area contributed by atoms with Crippen molar-refractivity contribution in [1.82, 2.24) is 14.3 Å². The summed E-state index contributed by atoms with van der Waals surface area (Å²) in [5.41, 5.74) is 0.320. The van der Waals surface area contributed by atoms with E-state index < -0.39 is 27.9 Å². The molecule has 0 aliphatic heterocycles. The Morgan fingerprint density at radius 1 is 1.38 bits per heavy atom. The molecule has 0 aliphatic carbocycles. The van der Waals surface area contributed by atoms with Crippen LogP contribution in [0.15, 0.2) is 29.6 Å². The third-order valence-corrected chi connectivity index (χ3v) is 4.52. The number of aliphatic hydroxyl groups is 2. The van der Waals surface area contributed by atoms with Gasteiger partial charge in [0.05, 0.1) is 24.3 Å². The molecule has 0 aromatic carbocycles. The van der Waals surface area contributed by atoms with Gasteiger partial charge in [-0.25, -0.2) is 13.4 Å². The standard InChI is InChI=1S/C15H21N3O5S/c1-10(9-19)18(8-11(2)20)14(21)13-12-6-4-5-7-17(12)15(16-13)24(3,22)23/h4-7,10-11,19-20H,8-9H2,1-3H3/t10-,11-/m0/s1. The lowest BCUT2D eigenvalue weighted by Crippen LogP contribution is -2.44. The summed E-state index contributed by atoms with van der Waals surface area (Å²) >= 11 is 0. The number of aliphatic hydroxyl groups excluding tert-OH is 2.